The molecule has 1 heterocycles. The first-order chi connectivity index (χ1) is 8.75. The van der Waals surface area contributed by atoms with E-state index in [2.05, 4.69) is 66.5 Å². The molecule has 90 valence electrons. The van der Waals surface area contributed by atoms with Crippen LogP contribution in [0.15, 0.2) is 52.7 Å². The van der Waals surface area contributed by atoms with E-state index in [-0.39, 0.29) is 6.04 Å². The molecule has 1 unspecified atom stereocenters. The molecule has 1 atom stereocenters. The molecule has 2 aromatic carbocycles. The smallest absolute Gasteiger partial charge is 0.121 e. The van der Waals surface area contributed by atoms with E-state index >= 15 is 0 Å². The fourth-order valence-corrected chi connectivity index (χ4v) is 2.39. The fourth-order valence-electron chi connectivity index (χ4n) is 2.39. The van der Waals surface area contributed by atoms with Gasteiger partial charge in [-0.15, -0.1) is 0 Å². The van der Waals surface area contributed by atoms with Gasteiger partial charge in [-0.05, 0) is 41.7 Å². The van der Waals surface area contributed by atoms with Crippen LogP contribution in [0.25, 0.3) is 0 Å². The molecule has 0 N–H and O–H groups in total. The number of azo groups is 1. The lowest BCUT2D eigenvalue weighted by Crippen LogP contribution is -2.06. The molecule has 2 heteroatoms. The van der Waals surface area contributed by atoms with Crippen molar-refractivity contribution in [3.63, 3.8) is 0 Å². The average molecular weight is 236 g/mol. The lowest BCUT2D eigenvalue weighted by molar-refractivity contribution is 0.704. The van der Waals surface area contributed by atoms with Crippen LogP contribution in [0.4, 0.5) is 0 Å². The third kappa shape index (κ3) is 1.84. The summed E-state index contributed by atoms with van der Waals surface area (Å²) in [6.07, 6.45) is 0. The normalized spacial score (nSPS) is 17.6. The number of aryl methyl sites for hydroxylation is 2. The molecule has 0 aliphatic carbocycles. The molecule has 2 aromatic rings. The van der Waals surface area contributed by atoms with Gasteiger partial charge in [0.05, 0.1) is 6.54 Å². The number of nitrogens with zero attached hydrogens (tertiary/aromatic N) is 2. The van der Waals surface area contributed by atoms with Crippen molar-refractivity contribution in [3.05, 3.63) is 70.3 Å². The van der Waals surface area contributed by atoms with Crippen LogP contribution in [0.3, 0.4) is 0 Å². The van der Waals surface area contributed by atoms with E-state index in [4.69, 9.17) is 0 Å². The van der Waals surface area contributed by atoms with Crippen LogP contribution in [0.5, 0.6) is 0 Å². The van der Waals surface area contributed by atoms with Crippen molar-refractivity contribution in [1.29, 1.82) is 0 Å². The third-order valence-corrected chi connectivity index (χ3v) is 3.63. The lowest BCUT2D eigenvalue weighted by Gasteiger charge is -2.20. The van der Waals surface area contributed by atoms with E-state index in [1.54, 1.807) is 0 Å². The quantitative estimate of drug-likeness (QED) is 0.703. The second kappa shape index (κ2) is 4.37. The van der Waals surface area contributed by atoms with Crippen LogP contribution in [0.2, 0.25) is 0 Å². The summed E-state index contributed by atoms with van der Waals surface area (Å²) in [5, 5.41) is 8.69. The Kier molecular flexibility index (Phi) is 2.71. The second-order valence-corrected chi connectivity index (χ2v) is 4.86. The van der Waals surface area contributed by atoms with Crippen LogP contribution in [0.1, 0.15) is 33.9 Å². The maximum absolute atomic E-state index is 4.44. The van der Waals surface area contributed by atoms with Crippen molar-refractivity contribution in [2.24, 2.45) is 10.2 Å². The van der Waals surface area contributed by atoms with Gasteiger partial charge in [0.15, 0.2) is 0 Å². The Morgan fingerprint density at radius 2 is 1.83 bits per heavy atom. The number of hydrogen-bond acceptors (Lipinski definition) is 2. The highest BCUT2D eigenvalue weighted by Gasteiger charge is 2.19. The van der Waals surface area contributed by atoms with E-state index in [0.29, 0.717) is 6.54 Å². The molecule has 1 aliphatic heterocycles. The maximum atomic E-state index is 4.44. The first kappa shape index (κ1) is 11.1. The van der Waals surface area contributed by atoms with Gasteiger partial charge >= 0.3 is 0 Å². The number of hydrogen-bond donors (Lipinski definition) is 0. The number of rotatable bonds is 1. The van der Waals surface area contributed by atoms with Gasteiger partial charge in [0.25, 0.3) is 0 Å². The molecule has 0 amide bonds. The molecule has 18 heavy (non-hydrogen) atoms. The number of fused-ring (bicyclic) bond motifs is 1. The second-order valence-electron chi connectivity index (χ2n) is 4.86. The summed E-state index contributed by atoms with van der Waals surface area (Å²) >= 11 is 0. The molecule has 2 nitrogen and oxygen atoms in total. The standard InChI is InChI=1S/C16H16N2/c1-11-7-8-13(9-12(11)2)16-15-6-4-3-5-14(15)10-17-18-16/h3-9,16H,10H2,1-2H3. The molecule has 0 fully saturated rings. The molecular weight excluding hydrogens is 220 g/mol. The lowest BCUT2D eigenvalue weighted by atomic mass is 9.92. The predicted molar refractivity (Wildman–Crippen MR) is 72.8 cm³/mol. The summed E-state index contributed by atoms with van der Waals surface area (Å²) < 4.78 is 0. The van der Waals surface area contributed by atoms with Crippen LogP contribution < -0.4 is 0 Å². The van der Waals surface area contributed by atoms with Crippen LogP contribution in [-0.4, -0.2) is 0 Å². The Balaban J connectivity index is 2.09. The molecule has 0 bridgehead atoms. The zero-order valence-electron chi connectivity index (χ0n) is 10.7. The van der Waals surface area contributed by atoms with Crippen LogP contribution in [-0.2, 0) is 6.54 Å². The minimum Gasteiger partial charge on any atom is -0.188 e. The van der Waals surface area contributed by atoms with E-state index < -0.39 is 0 Å². The summed E-state index contributed by atoms with van der Waals surface area (Å²) in [6.45, 7) is 4.98. The van der Waals surface area contributed by atoms with Gasteiger partial charge in [0.1, 0.15) is 6.04 Å². The van der Waals surface area contributed by atoms with Crippen molar-refractivity contribution in [2.75, 3.05) is 0 Å². The van der Waals surface area contributed by atoms with Gasteiger partial charge in [-0.1, -0.05) is 42.5 Å². The highest BCUT2D eigenvalue weighted by atomic mass is 15.1. The minimum atomic E-state index is 0.0641. The maximum Gasteiger partial charge on any atom is 0.121 e. The summed E-state index contributed by atoms with van der Waals surface area (Å²) in [6, 6.07) is 15.1. The topological polar surface area (TPSA) is 24.7 Å². The highest BCUT2D eigenvalue weighted by molar-refractivity contribution is 5.41. The first-order valence-corrected chi connectivity index (χ1v) is 6.27. The minimum absolute atomic E-state index is 0.0641. The van der Waals surface area contributed by atoms with Crippen molar-refractivity contribution < 1.29 is 0 Å². The molecule has 0 saturated carbocycles. The summed E-state index contributed by atoms with van der Waals surface area (Å²) in [5.74, 6) is 0. The van der Waals surface area contributed by atoms with E-state index in [1.807, 2.05) is 0 Å². The van der Waals surface area contributed by atoms with Gasteiger partial charge in [0, 0.05) is 0 Å². The Morgan fingerprint density at radius 3 is 2.67 bits per heavy atom. The van der Waals surface area contributed by atoms with Crippen LogP contribution >= 0.6 is 0 Å². The van der Waals surface area contributed by atoms with Gasteiger partial charge in [-0.3, -0.25) is 0 Å². The summed E-state index contributed by atoms with van der Waals surface area (Å²) in [5.41, 5.74) is 6.44. The third-order valence-electron chi connectivity index (χ3n) is 3.63. The Labute approximate surface area is 107 Å². The van der Waals surface area contributed by atoms with Gasteiger partial charge in [-0.25, -0.2) is 0 Å². The summed E-state index contributed by atoms with van der Waals surface area (Å²) in [4.78, 5) is 0. The monoisotopic (exact) mass is 236 g/mol. The molecule has 0 radical (unpaired) electrons. The molecule has 3 rings (SSSR count). The van der Waals surface area contributed by atoms with E-state index in [0.717, 1.165) is 0 Å². The Morgan fingerprint density at radius 1 is 1.00 bits per heavy atom. The van der Waals surface area contributed by atoms with Crippen LogP contribution in [0, 0.1) is 13.8 Å². The van der Waals surface area contributed by atoms with Crippen molar-refractivity contribution >= 4 is 0 Å². The van der Waals surface area contributed by atoms with E-state index in [9.17, 15) is 0 Å². The highest BCUT2D eigenvalue weighted by Crippen LogP contribution is 2.33. The molecule has 0 spiro atoms. The predicted octanol–water partition coefficient (Wildman–Crippen LogP) is 4.36. The van der Waals surface area contributed by atoms with Crippen molar-refractivity contribution in [3.8, 4) is 0 Å². The largest absolute Gasteiger partial charge is 0.188 e. The van der Waals surface area contributed by atoms with Crippen molar-refractivity contribution in [1.82, 2.24) is 0 Å². The van der Waals surface area contributed by atoms with Gasteiger partial charge < -0.3 is 0 Å². The van der Waals surface area contributed by atoms with E-state index in [1.165, 1.54) is 27.8 Å². The fraction of sp³-hybridized carbons (Fsp3) is 0.250. The Hall–Kier alpha value is -1.96. The SMILES string of the molecule is Cc1ccc(C2N=NCc3ccccc32)cc1C. The molecule has 0 saturated heterocycles. The van der Waals surface area contributed by atoms with Gasteiger partial charge in [0.2, 0.25) is 0 Å². The zero-order chi connectivity index (χ0) is 12.5. The average Bonchev–Trinajstić information content (AvgIpc) is 2.41. The Bertz CT molecular complexity index is 614. The summed E-state index contributed by atoms with van der Waals surface area (Å²) in [7, 11) is 0. The molecular formula is C16H16N2. The number of benzene rings is 2. The molecule has 0 aromatic heterocycles. The first-order valence-electron chi connectivity index (χ1n) is 6.27. The van der Waals surface area contributed by atoms with Crippen molar-refractivity contribution in [2.45, 2.75) is 26.4 Å². The molecule has 1 aliphatic rings. The van der Waals surface area contributed by atoms with Gasteiger partial charge in [-0.2, -0.15) is 10.2 Å². The zero-order valence-corrected chi connectivity index (χ0v) is 10.7.